The zero-order valence-corrected chi connectivity index (χ0v) is 12.8. The molecule has 1 aromatic carbocycles. The van der Waals surface area contributed by atoms with Gasteiger partial charge in [0, 0.05) is 24.4 Å². The van der Waals surface area contributed by atoms with Crippen molar-refractivity contribution < 1.29 is 9.47 Å². The summed E-state index contributed by atoms with van der Waals surface area (Å²) in [4.78, 5) is 0. The van der Waals surface area contributed by atoms with E-state index < -0.39 is 0 Å². The van der Waals surface area contributed by atoms with Crippen LogP contribution in [0.15, 0.2) is 42.6 Å². The highest BCUT2D eigenvalue weighted by molar-refractivity contribution is 5.31. The highest BCUT2D eigenvalue weighted by Crippen LogP contribution is 2.17. The van der Waals surface area contributed by atoms with Gasteiger partial charge in [0.05, 0.1) is 13.7 Å². The van der Waals surface area contributed by atoms with Crippen LogP contribution < -0.4 is 15.2 Å². The number of ether oxygens (including phenoxy) is 2. The Labute approximate surface area is 126 Å². The van der Waals surface area contributed by atoms with E-state index in [0.29, 0.717) is 6.61 Å². The lowest BCUT2D eigenvalue weighted by Gasteiger charge is -2.13. The average molecular weight is 288 g/mol. The van der Waals surface area contributed by atoms with E-state index in [-0.39, 0.29) is 6.04 Å². The van der Waals surface area contributed by atoms with Crippen LogP contribution in [0.2, 0.25) is 0 Å². The first kappa shape index (κ1) is 15.4. The standard InChI is InChI=1S/C17H24N2O2/c1-3-14(18)13-15-5-4-10-19(15)11-12-21-17-8-6-16(20-2)7-9-17/h4-10,14H,3,11-13,18H2,1-2H3. The Bertz CT molecular complexity index is 534. The van der Waals surface area contributed by atoms with Crippen molar-refractivity contribution in [3.05, 3.63) is 48.3 Å². The van der Waals surface area contributed by atoms with Gasteiger partial charge < -0.3 is 19.8 Å². The number of aromatic nitrogens is 1. The molecule has 2 aromatic rings. The highest BCUT2D eigenvalue weighted by atomic mass is 16.5. The lowest BCUT2D eigenvalue weighted by Crippen LogP contribution is -2.23. The predicted molar refractivity (Wildman–Crippen MR) is 84.9 cm³/mol. The highest BCUT2D eigenvalue weighted by Gasteiger charge is 2.06. The zero-order valence-electron chi connectivity index (χ0n) is 12.8. The molecule has 1 atom stereocenters. The van der Waals surface area contributed by atoms with E-state index in [1.165, 1.54) is 5.69 Å². The second-order valence-corrected chi connectivity index (χ2v) is 5.09. The molecular weight excluding hydrogens is 264 g/mol. The lowest BCUT2D eigenvalue weighted by atomic mass is 10.1. The average Bonchev–Trinajstić information content (AvgIpc) is 2.95. The third kappa shape index (κ3) is 4.53. The number of hydrogen-bond acceptors (Lipinski definition) is 3. The van der Waals surface area contributed by atoms with Crippen molar-refractivity contribution in [2.75, 3.05) is 13.7 Å². The fraction of sp³-hybridized carbons (Fsp3) is 0.412. The summed E-state index contributed by atoms with van der Waals surface area (Å²) in [6, 6.07) is 12.0. The van der Waals surface area contributed by atoms with Crippen molar-refractivity contribution in [3.8, 4) is 11.5 Å². The maximum atomic E-state index is 6.02. The van der Waals surface area contributed by atoms with Crippen LogP contribution in [0, 0.1) is 0 Å². The molecule has 0 bridgehead atoms. The quantitative estimate of drug-likeness (QED) is 0.812. The number of benzene rings is 1. The number of hydrogen-bond donors (Lipinski definition) is 1. The first-order chi connectivity index (χ1) is 10.2. The number of nitrogens with zero attached hydrogens (tertiary/aromatic N) is 1. The zero-order chi connectivity index (χ0) is 15.1. The summed E-state index contributed by atoms with van der Waals surface area (Å²) in [6.45, 7) is 3.57. The Morgan fingerprint density at radius 3 is 2.52 bits per heavy atom. The minimum Gasteiger partial charge on any atom is -0.497 e. The Balaban J connectivity index is 1.84. The van der Waals surface area contributed by atoms with Gasteiger partial charge in [-0.05, 0) is 42.8 Å². The topological polar surface area (TPSA) is 49.4 Å². The van der Waals surface area contributed by atoms with Gasteiger partial charge in [-0.1, -0.05) is 6.92 Å². The van der Waals surface area contributed by atoms with Gasteiger partial charge in [-0.15, -0.1) is 0 Å². The summed E-state index contributed by atoms with van der Waals surface area (Å²) in [5.74, 6) is 1.69. The van der Waals surface area contributed by atoms with Crippen LogP contribution in [-0.2, 0) is 13.0 Å². The summed E-state index contributed by atoms with van der Waals surface area (Å²) in [6.07, 6.45) is 3.98. The summed E-state index contributed by atoms with van der Waals surface area (Å²) >= 11 is 0. The fourth-order valence-electron chi connectivity index (χ4n) is 2.20. The van der Waals surface area contributed by atoms with E-state index >= 15 is 0 Å². The van der Waals surface area contributed by atoms with E-state index in [2.05, 4.69) is 29.8 Å². The monoisotopic (exact) mass is 288 g/mol. The largest absolute Gasteiger partial charge is 0.497 e. The molecule has 0 aliphatic carbocycles. The van der Waals surface area contributed by atoms with E-state index in [0.717, 1.165) is 30.9 Å². The fourth-order valence-corrected chi connectivity index (χ4v) is 2.20. The molecule has 114 valence electrons. The van der Waals surface area contributed by atoms with Gasteiger partial charge in [-0.3, -0.25) is 0 Å². The first-order valence-electron chi connectivity index (χ1n) is 7.39. The molecule has 1 unspecified atom stereocenters. The summed E-state index contributed by atoms with van der Waals surface area (Å²) < 4.78 is 13.1. The number of methoxy groups -OCH3 is 1. The molecular formula is C17H24N2O2. The Kier molecular flexibility index (Phi) is 5.69. The normalized spacial score (nSPS) is 12.1. The summed E-state index contributed by atoms with van der Waals surface area (Å²) in [5.41, 5.74) is 7.29. The van der Waals surface area contributed by atoms with E-state index in [4.69, 9.17) is 15.2 Å². The van der Waals surface area contributed by atoms with Crippen LogP contribution in [0.25, 0.3) is 0 Å². The van der Waals surface area contributed by atoms with Gasteiger partial charge in [0.15, 0.2) is 0 Å². The van der Waals surface area contributed by atoms with Gasteiger partial charge in [0.2, 0.25) is 0 Å². The molecule has 0 aliphatic rings. The second-order valence-electron chi connectivity index (χ2n) is 5.09. The molecule has 1 heterocycles. The molecule has 21 heavy (non-hydrogen) atoms. The number of rotatable bonds is 8. The Morgan fingerprint density at radius 2 is 1.86 bits per heavy atom. The van der Waals surface area contributed by atoms with Crippen molar-refractivity contribution in [1.82, 2.24) is 4.57 Å². The van der Waals surface area contributed by atoms with Crippen LogP contribution in [-0.4, -0.2) is 24.3 Å². The van der Waals surface area contributed by atoms with Gasteiger partial charge in [0.1, 0.15) is 18.1 Å². The Hall–Kier alpha value is -1.94. The van der Waals surface area contributed by atoms with Gasteiger partial charge in [-0.2, -0.15) is 0 Å². The molecule has 0 saturated heterocycles. The van der Waals surface area contributed by atoms with Gasteiger partial charge in [0.25, 0.3) is 0 Å². The van der Waals surface area contributed by atoms with Crippen molar-refractivity contribution >= 4 is 0 Å². The summed E-state index contributed by atoms with van der Waals surface area (Å²) in [5, 5.41) is 0. The molecule has 0 spiro atoms. The smallest absolute Gasteiger partial charge is 0.119 e. The molecule has 0 saturated carbocycles. The third-order valence-electron chi connectivity index (χ3n) is 3.58. The predicted octanol–water partition coefficient (Wildman–Crippen LogP) is 2.86. The minimum atomic E-state index is 0.223. The molecule has 4 nitrogen and oxygen atoms in total. The van der Waals surface area contributed by atoms with E-state index in [1.54, 1.807) is 7.11 Å². The van der Waals surface area contributed by atoms with E-state index in [9.17, 15) is 0 Å². The van der Waals surface area contributed by atoms with Gasteiger partial charge >= 0.3 is 0 Å². The van der Waals surface area contributed by atoms with Crippen molar-refractivity contribution in [2.24, 2.45) is 5.73 Å². The van der Waals surface area contributed by atoms with Gasteiger partial charge in [-0.25, -0.2) is 0 Å². The maximum Gasteiger partial charge on any atom is 0.119 e. The molecule has 0 aliphatic heterocycles. The Morgan fingerprint density at radius 1 is 1.14 bits per heavy atom. The van der Waals surface area contributed by atoms with Crippen molar-refractivity contribution in [1.29, 1.82) is 0 Å². The third-order valence-corrected chi connectivity index (χ3v) is 3.58. The van der Waals surface area contributed by atoms with Crippen LogP contribution >= 0.6 is 0 Å². The molecule has 2 rings (SSSR count). The molecule has 0 radical (unpaired) electrons. The van der Waals surface area contributed by atoms with E-state index in [1.807, 2.05) is 24.3 Å². The summed E-state index contributed by atoms with van der Waals surface area (Å²) in [7, 11) is 1.66. The number of nitrogens with two attached hydrogens (primary N) is 1. The molecule has 4 heteroatoms. The molecule has 1 aromatic heterocycles. The molecule has 0 fully saturated rings. The van der Waals surface area contributed by atoms with Crippen LogP contribution in [0.3, 0.4) is 0 Å². The van der Waals surface area contributed by atoms with Crippen LogP contribution in [0.4, 0.5) is 0 Å². The minimum absolute atomic E-state index is 0.223. The lowest BCUT2D eigenvalue weighted by molar-refractivity contribution is 0.296. The maximum absolute atomic E-state index is 6.02. The van der Waals surface area contributed by atoms with Crippen LogP contribution in [0.1, 0.15) is 19.0 Å². The second kappa shape index (κ2) is 7.74. The van der Waals surface area contributed by atoms with Crippen molar-refractivity contribution in [2.45, 2.75) is 32.4 Å². The van der Waals surface area contributed by atoms with Crippen molar-refractivity contribution in [3.63, 3.8) is 0 Å². The van der Waals surface area contributed by atoms with Crippen LogP contribution in [0.5, 0.6) is 11.5 Å². The first-order valence-corrected chi connectivity index (χ1v) is 7.39. The molecule has 2 N–H and O–H groups in total. The molecule has 0 amide bonds. The SMILES string of the molecule is CCC(N)Cc1cccn1CCOc1ccc(OC)cc1.